The van der Waals surface area contributed by atoms with Crippen molar-refractivity contribution in [2.24, 2.45) is 0 Å². The zero-order valence-corrected chi connectivity index (χ0v) is 11.8. The fourth-order valence-electron chi connectivity index (χ4n) is 1.72. The molecule has 0 spiro atoms. The predicted octanol–water partition coefficient (Wildman–Crippen LogP) is 1.47. The first-order chi connectivity index (χ1) is 9.74. The molecule has 7 heteroatoms. The lowest BCUT2D eigenvalue weighted by Crippen LogP contribution is -2.25. The van der Waals surface area contributed by atoms with Crippen LogP contribution in [-0.4, -0.2) is 32.2 Å². The van der Waals surface area contributed by atoms with Crippen LogP contribution in [0.2, 0.25) is 5.02 Å². The molecule has 0 aliphatic rings. The van der Waals surface area contributed by atoms with E-state index in [1.165, 1.54) is 0 Å². The Kier molecular flexibility index (Phi) is 5.49. The average Bonchev–Trinajstić information content (AvgIpc) is 2.88. The smallest absolute Gasteiger partial charge is 0.220 e. The van der Waals surface area contributed by atoms with Gasteiger partial charge >= 0.3 is 0 Å². The van der Waals surface area contributed by atoms with Crippen LogP contribution in [0.3, 0.4) is 0 Å². The molecule has 2 heterocycles. The zero-order chi connectivity index (χ0) is 14.2. The second kappa shape index (κ2) is 7.59. The molecule has 0 saturated heterocycles. The van der Waals surface area contributed by atoms with Crippen LogP contribution >= 0.6 is 11.6 Å². The molecular formula is C13H16ClN5O. The number of hydrogen-bond acceptors (Lipinski definition) is 4. The summed E-state index contributed by atoms with van der Waals surface area (Å²) >= 11 is 5.76. The van der Waals surface area contributed by atoms with E-state index < -0.39 is 0 Å². The highest BCUT2D eigenvalue weighted by Gasteiger charge is 2.03. The van der Waals surface area contributed by atoms with Crippen molar-refractivity contribution in [1.29, 1.82) is 0 Å². The number of nitrogens with one attached hydrogen (secondary N) is 1. The Morgan fingerprint density at radius 3 is 2.95 bits per heavy atom. The summed E-state index contributed by atoms with van der Waals surface area (Å²) in [5.41, 5.74) is 0.828. The van der Waals surface area contributed by atoms with Crippen LogP contribution in [-0.2, 0) is 17.8 Å². The Hall–Kier alpha value is -1.95. The number of amides is 1. The van der Waals surface area contributed by atoms with Crippen molar-refractivity contribution >= 4 is 17.5 Å². The Labute approximate surface area is 122 Å². The minimum atomic E-state index is 0.0224. The van der Waals surface area contributed by atoms with Gasteiger partial charge in [0.15, 0.2) is 0 Å². The fraction of sp³-hybridized carbons (Fsp3) is 0.385. The molecule has 0 fully saturated rings. The Balaban J connectivity index is 1.58. The molecule has 0 unspecified atom stereocenters. The minimum absolute atomic E-state index is 0.0224. The molecule has 0 aliphatic heterocycles. The third kappa shape index (κ3) is 4.97. The molecule has 1 amide bonds. The van der Waals surface area contributed by atoms with E-state index in [9.17, 15) is 4.79 Å². The van der Waals surface area contributed by atoms with Crippen molar-refractivity contribution in [2.75, 3.05) is 6.54 Å². The minimum Gasteiger partial charge on any atom is -0.356 e. The van der Waals surface area contributed by atoms with Crippen LogP contribution in [0.5, 0.6) is 0 Å². The largest absolute Gasteiger partial charge is 0.356 e. The summed E-state index contributed by atoms with van der Waals surface area (Å²) in [4.78, 5) is 19.7. The number of nitrogens with zero attached hydrogens (tertiary/aromatic N) is 4. The molecule has 0 radical (unpaired) electrons. The Bertz CT molecular complexity index is 543. The van der Waals surface area contributed by atoms with Crippen LogP contribution in [0, 0.1) is 0 Å². The standard InChI is InChI=1S/C13H16ClN5O/c14-11-8-18-19(10-11)7-1-4-17-13(20)3-2-12-9-15-5-6-16-12/h5-6,8-10H,1-4,7H2,(H,17,20). The highest BCUT2D eigenvalue weighted by Crippen LogP contribution is 2.04. The molecule has 2 aromatic rings. The monoisotopic (exact) mass is 293 g/mol. The summed E-state index contributed by atoms with van der Waals surface area (Å²) in [6.45, 7) is 1.36. The van der Waals surface area contributed by atoms with Crippen molar-refractivity contribution in [3.05, 3.63) is 41.7 Å². The molecule has 2 aromatic heterocycles. The van der Waals surface area contributed by atoms with Crippen molar-refractivity contribution < 1.29 is 4.79 Å². The summed E-state index contributed by atoms with van der Waals surface area (Å²) < 4.78 is 1.76. The maximum Gasteiger partial charge on any atom is 0.220 e. The average molecular weight is 294 g/mol. The van der Waals surface area contributed by atoms with Gasteiger partial charge in [0.05, 0.1) is 16.9 Å². The second-order valence-electron chi connectivity index (χ2n) is 4.32. The summed E-state index contributed by atoms with van der Waals surface area (Å²) in [5.74, 6) is 0.0224. The number of aromatic nitrogens is 4. The highest BCUT2D eigenvalue weighted by atomic mass is 35.5. The molecule has 6 nitrogen and oxygen atoms in total. The van der Waals surface area contributed by atoms with Gasteiger partial charge in [-0.3, -0.25) is 19.4 Å². The van der Waals surface area contributed by atoms with E-state index in [0.717, 1.165) is 18.7 Å². The lowest BCUT2D eigenvalue weighted by molar-refractivity contribution is -0.121. The number of halogens is 1. The van der Waals surface area contributed by atoms with Gasteiger partial charge in [-0.2, -0.15) is 5.10 Å². The number of aryl methyl sites for hydroxylation is 2. The quantitative estimate of drug-likeness (QED) is 0.785. The molecule has 0 bridgehead atoms. The van der Waals surface area contributed by atoms with Gasteiger partial charge in [0.25, 0.3) is 0 Å². The van der Waals surface area contributed by atoms with Gasteiger partial charge in [0.1, 0.15) is 0 Å². The number of carbonyl (C=O) groups excluding carboxylic acids is 1. The normalized spacial score (nSPS) is 10.4. The summed E-state index contributed by atoms with van der Waals surface area (Å²) in [5, 5.41) is 7.56. The fourth-order valence-corrected chi connectivity index (χ4v) is 1.87. The third-order valence-electron chi connectivity index (χ3n) is 2.71. The van der Waals surface area contributed by atoms with E-state index in [0.29, 0.717) is 24.4 Å². The lowest BCUT2D eigenvalue weighted by Gasteiger charge is -2.05. The summed E-state index contributed by atoms with van der Waals surface area (Å²) in [7, 11) is 0. The van der Waals surface area contributed by atoms with E-state index >= 15 is 0 Å². The molecule has 0 atom stereocenters. The van der Waals surface area contributed by atoms with Gasteiger partial charge in [-0.1, -0.05) is 11.6 Å². The van der Waals surface area contributed by atoms with Crippen molar-refractivity contribution in [3.8, 4) is 0 Å². The zero-order valence-electron chi connectivity index (χ0n) is 11.0. The van der Waals surface area contributed by atoms with Gasteiger partial charge in [0, 0.05) is 44.3 Å². The van der Waals surface area contributed by atoms with Gasteiger partial charge in [-0.15, -0.1) is 0 Å². The van der Waals surface area contributed by atoms with Gasteiger partial charge in [0.2, 0.25) is 5.91 Å². The summed E-state index contributed by atoms with van der Waals surface area (Å²) in [6.07, 6.45) is 10.1. The SMILES string of the molecule is O=C(CCc1cnccn1)NCCCn1cc(Cl)cn1. The molecule has 2 rings (SSSR count). The van der Waals surface area contributed by atoms with Crippen LogP contribution in [0.1, 0.15) is 18.5 Å². The van der Waals surface area contributed by atoms with Crippen LogP contribution in [0.25, 0.3) is 0 Å². The second-order valence-corrected chi connectivity index (χ2v) is 4.76. The van der Waals surface area contributed by atoms with E-state index in [1.807, 2.05) is 0 Å². The Morgan fingerprint density at radius 2 is 2.25 bits per heavy atom. The van der Waals surface area contributed by atoms with Crippen molar-refractivity contribution in [2.45, 2.75) is 25.8 Å². The van der Waals surface area contributed by atoms with Gasteiger partial charge in [-0.05, 0) is 12.8 Å². The predicted molar refractivity (Wildman–Crippen MR) is 75.2 cm³/mol. The van der Waals surface area contributed by atoms with E-state index in [1.54, 1.807) is 35.7 Å². The van der Waals surface area contributed by atoms with E-state index in [-0.39, 0.29) is 5.91 Å². The van der Waals surface area contributed by atoms with Crippen molar-refractivity contribution in [1.82, 2.24) is 25.1 Å². The summed E-state index contributed by atoms with van der Waals surface area (Å²) in [6, 6.07) is 0. The first kappa shape index (κ1) is 14.5. The maximum absolute atomic E-state index is 11.6. The molecule has 0 saturated carbocycles. The van der Waals surface area contributed by atoms with Crippen LogP contribution in [0.15, 0.2) is 31.0 Å². The molecule has 106 valence electrons. The van der Waals surface area contributed by atoms with E-state index in [4.69, 9.17) is 11.6 Å². The number of carbonyl (C=O) groups is 1. The number of hydrogen-bond donors (Lipinski definition) is 1. The molecule has 0 aromatic carbocycles. The topological polar surface area (TPSA) is 72.7 Å². The first-order valence-corrected chi connectivity index (χ1v) is 6.81. The number of rotatable bonds is 7. The molecular weight excluding hydrogens is 278 g/mol. The van der Waals surface area contributed by atoms with Gasteiger partial charge in [-0.25, -0.2) is 0 Å². The molecule has 20 heavy (non-hydrogen) atoms. The van der Waals surface area contributed by atoms with Gasteiger partial charge < -0.3 is 5.32 Å². The van der Waals surface area contributed by atoms with E-state index in [2.05, 4.69) is 20.4 Å². The third-order valence-corrected chi connectivity index (χ3v) is 2.91. The first-order valence-electron chi connectivity index (χ1n) is 6.43. The molecule has 0 aliphatic carbocycles. The van der Waals surface area contributed by atoms with Crippen LogP contribution in [0.4, 0.5) is 0 Å². The maximum atomic E-state index is 11.6. The highest BCUT2D eigenvalue weighted by molar-refractivity contribution is 6.30. The molecule has 1 N–H and O–H groups in total. The lowest BCUT2D eigenvalue weighted by atomic mass is 10.2. The Morgan fingerprint density at radius 1 is 1.35 bits per heavy atom. The van der Waals surface area contributed by atoms with Crippen molar-refractivity contribution in [3.63, 3.8) is 0 Å². The van der Waals surface area contributed by atoms with Crippen LogP contribution < -0.4 is 5.32 Å².